The van der Waals surface area contributed by atoms with Crippen LogP contribution in [0, 0.1) is 0 Å². The van der Waals surface area contributed by atoms with Crippen molar-refractivity contribution in [1.82, 2.24) is 9.88 Å². The van der Waals surface area contributed by atoms with E-state index in [1.165, 1.54) is 0 Å². The average Bonchev–Trinajstić information content (AvgIpc) is 2.67. The Morgan fingerprint density at radius 1 is 1.00 bits per heavy atom. The van der Waals surface area contributed by atoms with E-state index in [1.54, 1.807) is 7.11 Å². The highest BCUT2D eigenvalue weighted by molar-refractivity contribution is 6.31. The van der Waals surface area contributed by atoms with Crippen molar-refractivity contribution in [1.29, 1.82) is 0 Å². The molecular formula is C20H27Cl2N5O. The summed E-state index contributed by atoms with van der Waals surface area (Å²) in [5, 5.41) is 6.31. The molecule has 0 fully saturated rings. The highest BCUT2D eigenvalue weighted by Crippen LogP contribution is 2.34. The lowest BCUT2D eigenvalue weighted by atomic mass is 10.1. The quantitative estimate of drug-likeness (QED) is 0.458. The van der Waals surface area contributed by atoms with Gasteiger partial charge in [-0.05, 0) is 36.4 Å². The first-order chi connectivity index (χ1) is 13.2. The van der Waals surface area contributed by atoms with Gasteiger partial charge in [-0.3, -0.25) is 4.90 Å². The number of nitrogens with zero attached hydrogens (tertiary/aromatic N) is 2. The third kappa shape index (κ3) is 5.16. The summed E-state index contributed by atoms with van der Waals surface area (Å²) in [6, 6.07) is 11.7. The summed E-state index contributed by atoms with van der Waals surface area (Å²) < 4.78 is 5.40. The molecule has 0 atom stereocenters. The Balaban J connectivity index is 0.00000280. The molecule has 0 aliphatic rings. The predicted molar refractivity (Wildman–Crippen MR) is 121 cm³/mol. The zero-order chi connectivity index (χ0) is 19.2. The van der Waals surface area contributed by atoms with Gasteiger partial charge in [-0.2, -0.15) is 0 Å². The molecule has 1 heterocycles. The summed E-state index contributed by atoms with van der Waals surface area (Å²) in [6.07, 6.45) is 0. The van der Waals surface area contributed by atoms with E-state index < -0.39 is 0 Å². The molecule has 0 aliphatic carbocycles. The minimum absolute atomic E-state index is 0. The van der Waals surface area contributed by atoms with Crippen LogP contribution in [0.5, 0.6) is 5.75 Å². The van der Waals surface area contributed by atoms with Crippen LogP contribution in [0.3, 0.4) is 0 Å². The number of ether oxygens (including phenoxy) is 1. The number of benzene rings is 2. The minimum atomic E-state index is 0. The lowest BCUT2D eigenvalue weighted by molar-refractivity contribution is 0.300. The van der Waals surface area contributed by atoms with Crippen molar-refractivity contribution >= 4 is 51.5 Å². The molecule has 5 N–H and O–H groups in total. The molecule has 0 unspecified atom stereocenters. The van der Waals surface area contributed by atoms with Crippen LogP contribution in [0.15, 0.2) is 36.4 Å². The van der Waals surface area contributed by atoms with Gasteiger partial charge in [-0.1, -0.05) is 11.6 Å². The second-order valence-corrected chi connectivity index (χ2v) is 6.81. The first kappa shape index (κ1) is 22.5. The molecule has 2 aromatic carbocycles. The molecule has 152 valence electrons. The van der Waals surface area contributed by atoms with Gasteiger partial charge in [0.2, 0.25) is 0 Å². The zero-order valence-corrected chi connectivity index (χ0v) is 17.5. The summed E-state index contributed by atoms with van der Waals surface area (Å²) in [4.78, 5) is 7.01. The van der Waals surface area contributed by atoms with Gasteiger partial charge in [0.15, 0.2) is 0 Å². The number of aromatic nitrogens is 1. The molecule has 0 radical (unpaired) electrons. The number of pyridine rings is 1. The van der Waals surface area contributed by atoms with Crippen molar-refractivity contribution in [2.45, 2.75) is 0 Å². The number of rotatable bonds is 9. The van der Waals surface area contributed by atoms with Crippen LogP contribution in [-0.2, 0) is 0 Å². The van der Waals surface area contributed by atoms with Crippen LogP contribution in [-0.4, -0.2) is 56.3 Å². The van der Waals surface area contributed by atoms with Crippen molar-refractivity contribution in [3.63, 3.8) is 0 Å². The molecule has 0 saturated heterocycles. The summed E-state index contributed by atoms with van der Waals surface area (Å²) in [7, 11) is 1.67. The first-order valence-electron chi connectivity index (χ1n) is 9.09. The van der Waals surface area contributed by atoms with E-state index in [0.717, 1.165) is 59.4 Å². The first-order valence-corrected chi connectivity index (χ1v) is 9.47. The molecule has 0 aliphatic heterocycles. The number of methoxy groups -OCH3 is 1. The van der Waals surface area contributed by atoms with Gasteiger partial charge in [-0.15, -0.1) is 12.4 Å². The molecular weight excluding hydrogens is 397 g/mol. The third-order valence-electron chi connectivity index (χ3n) is 4.56. The van der Waals surface area contributed by atoms with Crippen LogP contribution >= 0.6 is 24.0 Å². The summed E-state index contributed by atoms with van der Waals surface area (Å²) >= 11 is 6.17. The van der Waals surface area contributed by atoms with Gasteiger partial charge in [0.1, 0.15) is 5.75 Å². The predicted octanol–water partition coefficient (Wildman–Crippen LogP) is 3.10. The van der Waals surface area contributed by atoms with E-state index in [9.17, 15) is 0 Å². The van der Waals surface area contributed by atoms with Crippen LogP contribution < -0.4 is 21.5 Å². The Morgan fingerprint density at radius 2 is 1.75 bits per heavy atom. The highest BCUT2D eigenvalue weighted by atomic mass is 35.5. The maximum atomic E-state index is 6.17. The van der Waals surface area contributed by atoms with Gasteiger partial charge >= 0.3 is 0 Å². The topological polar surface area (TPSA) is 89.4 Å². The molecule has 0 spiro atoms. The van der Waals surface area contributed by atoms with Crippen molar-refractivity contribution in [2.24, 2.45) is 11.5 Å². The lowest BCUT2D eigenvalue weighted by Crippen LogP contribution is -2.37. The van der Waals surface area contributed by atoms with Crippen molar-refractivity contribution in [2.75, 3.05) is 51.7 Å². The van der Waals surface area contributed by atoms with Crippen LogP contribution in [0.4, 0.5) is 5.69 Å². The Morgan fingerprint density at radius 3 is 2.43 bits per heavy atom. The van der Waals surface area contributed by atoms with Crippen LogP contribution in [0.2, 0.25) is 5.02 Å². The largest absolute Gasteiger partial charge is 0.497 e. The number of halogens is 2. The van der Waals surface area contributed by atoms with E-state index in [1.807, 2.05) is 36.4 Å². The second kappa shape index (κ2) is 10.6. The fourth-order valence-corrected chi connectivity index (χ4v) is 3.42. The number of nitrogens with one attached hydrogen (secondary N) is 1. The normalized spacial score (nSPS) is 11.0. The Bertz CT molecular complexity index is 916. The molecule has 6 nitrogen and oxygen atoms in total. The maximum Gasteiger partial charge on any atom is 0.119 e. The van der Waals surface area contributed by atoms with E-state index in [2.05, 4.69) is 10.2 Å². The molecule has 28 heavy (non-hydrogen) atoms. The number of hydrogen-bond donors (Lipinski definition) is 3. The summed E-state index contributed by atoms with van der Waals surface area (Å²) in [5.74, 6) is 0.800. The standard InChI is InChI=1S/C20H26ClN5O.ClH/c1-27-15-3-5-18-17(13-15)20(16-4-2-14(21)12-19(16)25-18)24-8-11-26(9-6-22)10-7-23;/h2-5,12-13H,6-11,22-23H2,1H3,(H,24,25);1H. The SMILES string of the molecule is COc1ccc2nc3cc(Cl)ccc3c(NCCN(CCN)CCN)c2c1.Cl. The minimum Gasteiger partial charge on any atom is -0.497 e. The van der Waals surface area contributed by atoms with Gasteiger partial charge in [-0.25, -0.2) is 4.98 Å². The molecule has 1 aromatic heterocycles. The van der Waals surface area contributed by atoms with Gasteiger partial charge in [0.05, 0.1) is 23.8 Å². The smallest absolute Gasteiger partial charge is 0.119 e. The molecule has 0 saturated carbocycles. The fraction of sp³-hybridized carbons (Fsp3) is 0.350. The second-order valence-electron chi connectivity index (χ2n) is 6.38. The lowest BCUT2D eigenvalue weighted by Gasteiger charge is -2.22. The van der Waals surface area contributed by atoms with Gasteiger partial charge in [0, 0.05) is 55.1 Å². The van der Waals surface area contributed by atoms with E-state index in [0.29, 0.717) is 18.1 Å². The Kier molecular flexibility index (Phi) is 8.54. The number of nitrogens with two attached hydrogens (primary N) is 2. The number of anilines is 1. The van der Waals surface area contributed by atoms with Crippen molar-refractivity contribution in [3.8, 4) is 5.75 Å². The van der Waals surface area contributed by atoms with E-state index in [-0.39, 0.29) is 12.4 Å². The molecule has 3 aromatic rings. The van der Waals surface area contributed by atoms with Gasteiger partial charge in [0.25, 0.3) is 0 Å². The highest BCUT2D eigenvalue weighted by Gasteiger charge is 2.11. The molecule has 0 amide bonds. The third-order valence-corrected chi connectivity index (χ3v) is 4.80. The summed E-state index contributed by atoms with van der Waals surface area (Å²) in [5.41, 5.74) is 14.2. The Hall–Kier alpha value is -1.83. The number of fused-ring (bicyclic) bond motifs is 2. The maximum absolute atomic E-state index is 6.17. The van der Waals surface area contributed by atoms with Crippen LogP contribution in [0.25, 0.3) is 21.8 Å². The molecule has 3 rings (SSSR count). The average molecular weight is 424 g/mol. The van der Waals surface area contributed by atoms with Crippen LogP contribution in [0.1, 0.15) is 0 Å². The number of hydrogen-bond acceptors (Lipinski definition) is 6. The monoisotopic (exact) mass is 423 g/mol. The zero-order valence-electron chi connectivity index (χ0n) is 16.0. The van der Waals surface area contributed by atoms with E-state index >= 15 is 0 Å². The van der Waals surface area contributed by atoms with Crippen molar-refractivity contribution in [3.05, 3.63) is 41.4 Å². The Labute approximate surface area is 176 Å². The van der Waals surface area contributed by atoms with Crippen molar-refractivity contribution < 1.29 is 4.74 Å². The fourth-order valence-electron chi connectivity index (χ4n) is 3.25. The summed E-state index contributed by atoms with van der Waals surface area (Å²) in [6.45, 7) is 4.54. The van der Waals surface area contributed by atoms with Gasteiger partial charge < -0.3 is 21.5 Å². The van der Waals surface area contributed by atoms with E-state index in [4.69, 9.17) is 32.8 Å². The molecule has 8 heteroatoms. The molecule has 0 bridgehead atoms.